The molecule has 1 aromatic rings. The van der Waals surface area contributed by atoms with E-state index in [0.29, 0.717) is 5.88 Å². The van der Waals surface area contributed by atoms with E-state index in [-0.39, 0.29) is 12.1 Å². The number of hydrogen-bond acceptors (Lipinski definition) is 4. The maximum atomic E-state index is 5.90. The molecule has 0 amide bonds. The molecule has 1 aromatic heterocycles. The molecule has 14 heavy (non-hydrogen) atoms. The smallest absolute Gasteiger partial charge is 0.216 e. The minimum Gasteiger partial charge on any atom is -0.473 e. The van der Waals surface area contributed by atoms with Gasteiger partial charge < -0.3 is 10.5 Å². The SMILES string of the molecule is Cc1nccc(O[C@@H]2CCC[C@H]2N)n1. The highest BCUT2D eigenvalue weighted by atomic mass is 16.5. The van der Waals surface area contributed by atoms with Crippen LogP contribution in [0.3, 0.4) is 0 Å². The summed E-state index contributed by atoms with van der Waals surface area (Å²) in [5.74, 6) is 1.37. The van der Waals surface area contributed by atoms with Gasteiger partial charge in [0, 0.05) is 18.3 Å². The fourth-order valence-electron chi connectivity index (χ4n) is 1.76. The highest BCUT2D eigenvalue weighted by molar-refractivity contribution is 5.09. The second-order valence-electron chi connectivity index (χ2n) is 3.69. The van der Waals surface area contributed by atoms with Crippen LogP contribution in [0.4, 0.5) is 0 Å². The quantitative estimate of drug-likeness (QED) is 0.762. The molecule has 1 fully saturated rings. The molecular weight excluding hydrogens is 178 g/mol. The fraction of sp³-hybridized carbons (Fsp3) is 0.600. The van der Waals surface area contributed by atoms with E-state index < -0.39 is 0 Å². The summed E-state index contributed by atoms with van der Waals surface area (Å²) >= 11 is 0. The lowest BCUT2D eigenvalue weighted by Gasteiger charge is -2.16. The number of hydrogen-bond donors (Lipinski definition) is 1. The molecule has 0 spiro atoms. The van der Waals surface area contributed by atoms with Gasteiger partial charge in [-0.3, -0.25) is 0 Å². The molecule has 0 aliphatic heterocycles. The lowest BCUT2D eigenvalue weighted by atomic mass is 10.2. The minimum absolute atomic E-state index is 0.129. The van der Waals surface area contributed by atoms with Crippen molar-refractivity contribution in [2.75, 3.05) is 0 Å². The Labute approximate surface area is 83.5 Å². The van der Waals surface area contributed by atoms with Crippen molar-refractivity contribution in [2.24, 2.45) is 5.73 Å². The van der Waals surface area contributed by atoms with Crippen LogP contribution in [0, 0.1) is 6.92 Å². The molecule has 1 aliphatic carbocycles. The van der Waals surface area contributed by atoms with E-state index in [4.69, 9.17) is 10.5 Å². The largest absolute Gasteiger partial charge is 0.473 e. The van der Waals surface area contributed by atoms with Crippen molar-refractivity contribution in [1.29, 1.82) is 0 Å². The van der Waals surface area contributed by atoms with Crippen LogP contribution in [0.5, 0.6) is 5.88 Å². The maximum Gasteiger partial charge on any atom is 0.216 e. The zero-order chi connectivity index (χ0) is 9.97. The molecule has 76 valence electrons. The maximum absolute atomic E-state index is 5.90. The topological polar surface area (TPSA) is 61.0 Å². The highest BCUT2D eigenvalue weighted by Crippen LogP contribution is 2.21. The summed E-state index contributed by atoms with van der Waals surface area (Å²) in [4.78, 5) is 8.19. The van der Waals surface area contributed by atoms with Crippen LogP contribution >= 0.6 is 0 Å². The Morgan fingerprint density at radius 3 is 3.00 bits per heavy atom. The molecule has 2 atom stereocenters. The number of ether oxygens (including phenoxy) is 1. The van der Waals surface area contributed by atoms with Crippen LogP contribution in [0.2, 0.25) is 0 Å². The van der Waals surface area contributed by atoms with Gasteiger partial charge in [-0.2, -0.15) is 4.98 Å². The fourth-order valence-corrected chi connectivity index (χ4v) is 1.76. The molecule has 0 radical (unpaired) electrons. The number of nitrogens with zero attached hydrogens (tertiary/aromatic N) is 2. The summed E-state index contributed by atoms with van der Waals surface area (Å²) in [6, 6.07) is 1.93. The predicted molar refractivity (Wildman–Crippen MR) is 53.0 cm³/mol. The average Bonchev–Trinajstić information content (AvgIpc) is 2.52. The molecule has 2 N–H and O–H groups in total. The van der Waals surface area contributed by atoms with Crippen LogP contribution in [0.15, 0.2) is 12.3 Å². The van der Waals surface area contributed by atoms with Crippen LogP contribution < -0.4 is 10.5 Å². The van der Waals surface area contributed by atoms with Gasteiger partial charge in [0.1, 0.15) is 11.9 Å². The van der Waals surface area contributed by atoms with E-state index in [9.17, 15) is 0 Å². The van der Waals surface area contributed by atoms with Gasteiger partial charge in [-0.25, -0.2) is 4.98 Å². The number of aryl methyl sites for hydroxylation is 1. The van der Waals surface area contributed by atoms with E-state index >= 15 is 0 Å². The lowest BCUT2D eigenvalue weighted by molar-refractivity contribution is 0.183. The zero-order valence-corrected chi connectivity index (χ0v) is 8.31. The summed E-state index contributed by atoms with van der Waals surface area (Å²) in [7, 11) is 0. The monoisotopic (exact) mass is 193 g/mol. The van der Waals surface area contributed by atoms with Crippen molar-refractivity contribution in [3.63, 3.8) is 0 Å². The number of nitrogens with two attached hydrogens (primary N) is 1. The molecule has 4 nitrogen and oxygen atoms in total. The molecule has 4 heteroatoms. The molecule has 1 saturated carbocycles. The van der Waals surface area contributed by atoms with E-state index in [2.05, 4.69) is 9.97 Å². The first kappa shape index (κ1) is 9.40. The van der Waals surface area contributed by atoms with Crippen molar-refractivity contribution < 1.29 is 4.74 Å². The number of aromatic nitrogens is 2. The molecule has 0 saturated heterocycles. The Hall–Kier alpha value is -1.16. The van der Waals surface area contributed by atoms with Gasteiger partial charge >= 0.3 is 0 Å². The Kier molecular flexibility index (Phi) is 2.63. The summed E-state index contributed by atoms with van der Waals surface area (Å²) in [6.07, 6.45) is 5.07. The first-order valence-electron chi connectivity index (χ1n) is 4.97. The third kappa shape index (κ3) is 2.01. The van der Waals surface area contributed by atoms with Crippen LogP contribution in [0.25, 0.3) is 0 Å². The average molecular weight is 193 g/mol. The highest BCUT2D eigenvalue weighted by Gasteiger charge is 2.25. The second-order valence-corrected chi connectivity index (χ2v) is 3.69. The zero-order valence-electron chi connectivity index (χ0n) is 8.31. The van der Waals surface area contributed by atoms with Crippen molar-refractivity contribution in [3.05, 3.63) is 18.1 Å². The van der Waals surface area contributed by atoms with Gasteiger partial charge in [0.15, 0.2) is 0 Å². The summed E-state index contributed by atoms with van der Waals surface area (Å²) in [5.41, 5.74) is 5.90. The third-order valence-electron chi connectivity index (χ3n) is 2.53. The lowest BCUT2D eigenvalue weighted by Crippen LogP contribution is -2.33. The Balaban J connectivity index is 2.03. The van der Waals surface area contributed by atoms with Gasteiger partial charge in [-0.15, -0.1) is 0 Å². The summed E-state index contributed by atoms with van der Waals surface area (Å²) < 4.78 is 5.69. The van der Waals surface area contributed by atoms with Crippen molar-refractivity contribution in [1.82, 2.24) is 9.97 Å². The molecular formula is C10H15N3O. The summed E-state index contributed by atoms with van der Waals surface area (Å²) in [5, 5.41) is 0. The van der Waals surface area contributed by atoms with Crippen LogP contribution in [-0.2, 0) is 0 Å². The molecule has 1 aliphatic rings. The van der Waals surface area contributed by atoms with Gasteiger partial charge in [-0.05, 0) is 26.2 Å². The van der Waals surface area contributed by atoms with Crippen molar-refractivity contribution in [2.45, 2.75) is 38.3 Å². The van der Waals surface area contributed by atoms with E-state index in [1.54, 1.807) is 12.3 Å². The van der Waals surface area contributed by atoms with E-state index in [0.717, 1.165) is 25.1 Å². The second kappa shape index (κ2) is 3.92. The van der Waals surface area contributed by atoms with Gasteiger partial charge in [0.25, 0.3) is 0 Å². The third-order valence-corrected chi connectivity index (χ3v) is 2.53. The van der Waals surface area contributed by atoms with E-state index in [1.807, 2.05) is 6.92 Å². The Bertz CT molecular complexity index is 316. The first-order chi connectivity index (χ1) is 6.75. The Morgan fingerprint density at radius 2 is 2.36 bits per heavy atom. The normalized spacial score (nSPS) is 26.4. The van der Waals surface area contributed by atoms with Crippen molar-refractivity contribution in [3.8, 4) is 5.88 Å². The minimum atomic E-state index is 0.129. The van der Waals surface area contributed by atoms with Crippen LogP contribution in [-0.4, -0.2) is 22.1 Å². The Morgan fingerprint density at radius 1 is 1.50 bits per heavy atom. The standard InChI is InChI=1S/C10H15N3O/c1-7-12-6-5-10(13-7)14-9-4-2-3-8(9)11/h5-6,8-9H,2-4,11H2,1H3/t8-,9-/m1/s1. The van der Waals surface area contributed by atoms with E-state index in [1.165, 1.54) is 0 Å². The summed E-state index contributed by atoms with van der Waals surface area (Å²) in [6.45, 7) is 1.85. The molecule has 0 bridgehead atoms. The van der Waals surface area contributed by atoms with Gasteiger partial charge in [-0.1, -0.05) is 0 Å². The van der Waals surface area contributed by atoms with Gasteiger partial charge in [0.2, 0.25) is 5.88 Å². The van der Waals surface area contributed by atoms with Crippen LogP contribution in [0.1, 0.15) is 25.1 Å². The molecule has 0 aromatic carbocycles. The molecule has 1 heterocycles. The molecule has 0 unspecified atom stereocenters. The van der Waals surface area contributed by atoms with Gasteiger partial charge in [0.05, 0.1) is 0 Å². The predicted octanol–water partition coefficient (Wildman–Crippen LogP) is 1.04. The first-order valence-corrected chi connectivity index (χ1v) is 4.97. The van der Waals surface area contributed by atoms with Crippen molar-refractivity contribution >= 4 is 0 Å². The number of rotatable bonds is 2. The molecule has 2 rings (SSSR count).